The van der Waals surface area contributed by atoms with E-state index in [1.54, 1.807) is 19.4 Å². The number of rotatable bonds is 2. The molecule has 2 aromatic heterocycles. The van der Waals surface area contributed by atoms with Gasteiger partial charge in [0, 0.05) is 31.2 Å². The number of imidazole rings is 1. The molecule has 0 fully saturated rings. The Labute approximate surface area is 88.2 Å². The van der Waals surface area contributed by atoms with E-state index >= 15 is 0 Å². The number of nitrogens with zero attached hydrogens (tertiary/aromatic N) is 4. The summed E-state index contributed by atoms with van der Waals surface area (Å²) in [4.78, 5) is 12.7. The van der Waals surface area contributed by atoms with E-state index in [9.17, 15) is 0 Å². The highest BCUT2D eigenvalue weighted by Gasteiger charge is 2.06. The number of hydrogen-bond donors (Lipinski definition) is 1. The largest absolute Gasteiger partial charge is 0.357 e. The minimum Gasteiger partial charge on any atom is -0.357 e. The second-order valence-corrected chi connectivity index (χ2v) is 3.29. The summed E-state index contributed by atoms with van der Waals surface area (Å²) < 4.78 is 1.94. The Balaban J connectivity index is 2.56. The molecule has 0 saturated carbocycles. The summed E-state index contributed by atoms with van der Waals surface area (Å²) in [7, 11) is 1.80. The summed E-state index contributed by atoms with van der Waals surface area (Å²) in [5.41, 5.74) is 1.02. The summed E-state index contributed by atoms with van der Waals surface area (Å²) in [5, 5.41) is 2.92. The third-order valence-electron chi connectivity index (χ3n) is 2.22. The van der Waals surface area contributed by atoms with Crippen LogP contribution in [0.3, 0.4) is 0 Å². The summed E-state index contributed by atoms with van der Waals surface area (Å²) in [6, 6.07) is 0. The van der Waals surface area contributed by atoms with E-state index in [1.165, 1.54) is 0 Å². The van der Waals surface area contributed by atoms with E-state index in [0.717, 1.165) is 17.2 Å². The van der Waals surface area contributed by atoms with Crippen LogP contribution in [0.1, 0.15) is 11.4 Å². The maximum atomic E-state index is 4.39. The van der Waals surface area contributed by atoms with Crippen molar-refractivity contribution in [2.75, 3.05) is 12.4 Å². The van der Waals surface area contributed by atoms with Gasteiger partial charge in [-0.1, -0.05) is 0 Å². The number of aryl methyl sites for hydroxylation is 2. The molecule has 0 aliphatic rings. The van der Waals surface area contributed by atoms with Crippen LogP contribution in [0.15, 0.2) is 18.6 Å². The van der Waals surface area contributed by atoms with Crippen LogP contribution in [0.4, 0.5) is 5.95 Å². The second kappa shape index (κ2) is 3.68. The molecule has 0 aliphatic heterocycles. The zero-order valence-electron chi connectivity index (χ0n) is 9.02. The topological polar surface area (TPSA) is 55.6 Å². The van der Waals surface area contributed by atoms with Gasteiger partial charge in [0.05, 0.1) is 0 Å². The van der Waals surface area contributed by atoms with Crippen molar-refractivity contribution in [3.63, 3.8) is 0 Å². The minimum absolute atomic E-state index is 0.615. The van der Waals surface area contributed by atoms with E-state index in [-0.39, 0.29) is 0 Å². The summed E-state index contributed by atoms with van der Waals surface area (Å²) in [6.45, 7) is 3.93. The SMILES string of the molecule is CNc1ncc(C)c(-n2ccnc2C)n1. The molecule has 2 rings (SSSR count). The van der Waals surface area contributed by atoms with Crippen LogP contribution in [-0.4, -0.2) is 26.6 Å². The number of hydrogen-bond acceptors (Lipinski definition) is 4. The van der Waals surface area contributed by atoms with Crippen molar-refractivity contribution in [1.29, 1.82) is 0 Å². The van der Waals surface area contributed by atoms with Gasteiger partial charge >= 0.3 is 0 Å². The lowest BCUT2D eigenvalue weighted by molar-refractivity contribution is 0.907. The molecule has 5 heteroatoms. The molecule has 0 spiro atoms. The van der Waals surface area contributed by atoms with Gasteiger partial charge < -0.3 is 5.32 Å². The van der Waals surface area contributed by atoms with E-state index in [1.807, 2.05) is 24.6 Å². The quantitative estimate of drug-likeness (QED) is 0.799. The molecule has 2 heterocycles. The Morgan fingerprint density at radius 1 is 1.27 bits per heavy atom. The lowest BCUT2D eigenvalue weighted by Gasteiger charge is -2.08. The Morgan fingerprint density at radius 2 is 2.07 bits per heavy atom. The maximum Gasteiger partial charge on any atom is 0.224 e. The fourth-order valence-corrected chi connectivity index (χ4v) is 1.40. The zero-order chi connectivity index (χ0) is 10.8. The molecule has 0 amide bonds. The molecule has 1 N–H and O–H groups in total. The zero-order valence-corrected chi connectivity index (χ0v) is 9.02. The van der Waals surface area contributed by atoms with Crippen molar-refractivity contribution in [3.8, 4) is 5.82 Å². The van der Waals surface area contributed by atoms with Gasteiger partial charge in [0.25, 0.3) is 0 Å². The van der Waals surface area contributed by atoms with Gasteiger partial charge in [0.15, 0.2) is 0 Å². The van der Waals surface area contributed by atoms with Gasteiger partial charge in [0.1, 0.15) is 11.6 Å². The van der Waals surface area contributed by atoms with E-state index in [0.29, 0.717) is 5.95 Å². The number of nitrogens with one attached hydrogen (secondary N) is 1. The van der Waals surface area contributed by atoms with Crippen molar-refractivity contribution < 1.29 is 0 Å². The smallest absolute Gasteiger partial charge is 0.224 e. The van der Waals surface area contributed by atoms with E-state index in [4.69, 9.17) is 0 Å². The number of anilines is 1. The van der Waals surface area contributed by atoms with Gasteiger partial charge in [-0.15, -0.1) is 0 Å². The molecule has 78 valence electrons. The summed E-state index contributed by atoms with van der Waals surface area (Å²) in [6.07, 6.45) is 5.45. The first-order chi connectivity index (χ1) is 7.22. The molecule has 0 unspecified atom stereocenters. The average Bonchev–Trinajstić information content (AvgIpc) is 2.65. The normalized spacial score (nSPS) is 10.3. The van der Waals surface area contributed by atoms with Crippen LogP contribution in [0.5, 0.6) is 0 Å². The second-order valence-electron chi connectivity index (χ2n) is 3.29. The maximum absolute atomic E-state index is 4.39. The van der Waals surface area contributed by atoms with Gasteiger partial charge in [-0.2, -0.15) is 4.98 Å². The van der Waals surface area contributed by atoms with Gasteiger partial charge in [0.2, 0.25) is 5.95 Å². The lowest BCUT2D eigenvalue weighted by Crippen LogP contribution is -2.05. The first kappa shape index (κ1) is 9.64. The van der Waals surface area contributed by atoms with Crippen LogP contribution in [-0.2, 0) is 0 Å². The highest BCUT2D eigenvalue weighted by atomic mass is 15.2. The van der Waals surface area contributed by atoms with Gasteiger partial charge in [-0.25, -0.2) is 9.97 Å². The van der Waals surface area contributed by atoms with Crippen molar-refractivity contribution in [3.05, 3.63) is 30.0 Å². The molecule has 0 radical (unpaired) electrons. The predicted molar refractivity (Wildman–Crippen MR) is 58.2 cm³/mol. The van der Waals surface area contributed by atoms with Crippen molar-refractivity contribution >= 4 is 5.95 Å². The number of aromatic nitrogens is 4. The minimum atomic E-state index is 0.615. The van der Waals surface area contributed by atoms with Crippen LogP contribution >= 0.6 is 0 Å². The van der Waals surface area contributed by atoms with Crippen LogP contribution < -0.4 is 5.32 Å². The van der Waals surface area contributed by atoms with Gasteiger partial charge in [-0.05, 0) is 13.8 Å². The lowest BCUT2D eigenvalue weighted by atomic mass is 10.3. The third-order valence-corrected chi connectivity index (χ3v) is 2.22. The highest BCUT2D eigenvalue weighted by molar-refractivity contribution is 5.38. The van der Waals surface area contributed by atoms with Crippen LogP contribution in [0.2, 0.25) is 0 Å². The molecule has 15 heavy (non-hydrogen) atoms. The predicted octanol–water partition coefficient (Wildman–Crippen LogP) is 1.32. The van der Waals surface area contributed by atoms with Crippen molar-refractivity contribution in [2.24, 2.45) is 0 Å². The molecular weight excluding hydrogens is 190 g/mol. The Bertz CT molecular complexity index is 474. The monoisotopic (exact) mass is 203 g/mol. The fraction of sp³-hybridized carbons (Fsp3) is 0.300. The van der Waals surface area contributed by atoms with Crippen LogP contribution in [0, 0.1) is 13.8 Å². The molecule has 2 aromatic rings. The fourth-order valence-electron chi connectivity index (χ4n) is 1.40. The first-order valence-corrected chi connectivity index (χ1v) is 4.74. The molecule has 0 aliphatic carbocycles. The molecule has 0 aromatic carbocycles. The molecule has 0 saturated heterocycles. The summed E-state index contributed by atoms with van der Waals surface area (Å²) in [5.74, 6) is 2.40. The van der Waals surface area contributed by atoms with E-state index < -0.39 is 0 Å². The summed E-state index contributed by atoms with van der Waals surface area (Å²) >= 11 is 0. The Hall–Kier alpha value is -1.91. The molecular formula is C10H13N5. The van der Waals surface area contributed by atoms with Crippen molar-refractivity contribution in [1.82, 2.24) is 19.5 Å². The average molecular weight is 203 g/mol. The highest BCUT2D eigenvalue weighted by Crippen LogP contribution is 2.13. The Morgan fingerprint density at radius 3 is 2.67 bits per heavy atom. The molecule has 0 bridgehead atoms. The Kier molecular flexibility index (Phi) is 2.37. The standard InChI is InChI=1S/C10H13N5/c1-7-6-13-10(11-3)14-9(7)15-5-4-12-8(15)2/h4-6H,1-3H3,(H,11,13,14). The first-order valence-electron chi connectivity index (χ1n) is 4.74. The van der Waals surface area contributed by atoms with E-state index in [2.05, 4.69) is 20.3 Å². The van der Waals surface area contributed by atoms with Gasteiger partial charge in [-0.3, -0.25) is 4.57 Å². The third kappa shape index (κ3) is 1.68. The molecule has 0 atom stereocenters. The molecule has 5 nitrogen and oxygen atoms in total. The van der Waals surface area contributed by atoms with Crippen LogP contribution in [0.25, 0.3) is 5.82 Å². The van der Waals surface area contributed by atoms with Crippen molar-refractivity contribution in [2.45, 2.75) is 13.8 Å².